The number of carbonyl (C=O) groups excluding carboxylic acids is 1. The molecule has 0 aliphatic rings. The summed E-state index contributed by atoms with van der Waals surface area (Å²) in [6, 6.07) is 16.9. The first-order chi connectivity index (χ1) is 15.2. The van der Waals surface area contributed by atoms with Crippen molar-refractivity contribution in [1.82, 2.24) is 35.5 Å². The summed E-state index contributed by atoms with van der Waals surface area (Å²) in [5.74, 6) is 1.62. The Morgan fingerprint density at radius 3 is 2.55 bits per heavy atom. The molecule has 4 rings (SSSR count). The number of nitrogens with one attached hydrogen (secondary N) is 3. The van der Waals surface area contributed by atoms with E-state index in [1.54, 1.807) is 18.3 Å². The molecule has 156 valence electrons. The lowest BCUT2D eigenvalue weighted by atomic mass is 10.3. The van der Waals surface area contributed by atoms with Crippen LogP contribution < -0.4 is 16.0 Å². The van der Waals surface area contributed by atoms with Crippen molar-refractivity contribution in [3.63, 3.8) is 0 Å². The summed E-state index contributed by atoms with van der Waals surface area (Å²) in [7, 11) is 0. The fraction of sp³-hybridized carbons (Fsp3) is 0.143. The van der Waals surface area contributed by atoms with E-state index in [9.17, 15) is 4.79 Å². The lowest BCUT2D eigenvalue weighted by molar-refractivity contribution is 0.0950. The minimum atomic E-state index is -0.291. The van der Waals surface area contributed by atoms with Gasteiger partial charge in [0.15, 0.2) is 11.5 Å². The van der Waals surface area contributed by atoms with E-state index in [1.165, 1.54) is 11.0 Å². The summed E-state index contributed by atoms with van der Waals surface area (Å²) < 4.78 is 0. The number of para-hydroxylation sites is 1. The molecule has 10 heteroatoms. The van der Waals surface area contributed by atoms with E-state index in [4.69, 9.17) is 0 Å². The average molecular weight is 415 g/mol. The summed E-state index contributed by atoms with van der Waals surface area (Å²) in [5.41, 5.74) is 2.15. The quantitative estimate of drug-likeness (QED) is 0.375. The minimum absolute atomic E-state index is 0.254. The molecule has 0 radical (unpaired) electrons. The number of aryl methyl sites for hydroxylation is 1. The van der Waals surface area contributed by atoms with Crippen LogP contribution in [0.3, 0.4) is 0 Å². The molecule has 10 nitrogen and oxygen atoms in total. The van der Waals surface area contributed by atoms with Crippen molar-refractivity contribution in [2.75, 3.05) is 23.7 Å². The van der Waals surface area contributed by atoms with Gasteiger partial charge in [0, 0.05) is 19.3 Å². The van der Waals surface area contributed by atoms with Crippen molar-refractivity contribution in [3.05, 3.63) is 78.2 Å². The predicted molar refractivity (Wildman–Crippen MR) is 116 cm³/mol. The molecular weight excluding hydrogens is 394 g/mol. The third-order valence-electron chi connectivity index (χ3n) is 4.26. The molecule has 0 fully saturated rings. The number of benzene rings is 1. The first-order valence-electron chi connectivity index (χ1n) is 9.71. The molecule has 0 aliphatic heterocycles. The Balaban J connectivity index is 1.22. The first kappa shape index (κ1) is 20.0. The molecule has 0 saturated heterocycles. The topological polar surface area (TPSA) is 123 Å². The van der Waals surface area contributed by atoms with Crippen LogP contribution in [0.5, 0.6) is 0 Å². The first-order valence-corrected chi connectivity index (χ1v) is 9.71. The van der Waals surface area contributed by atoms with E-state index >= 15 is 0 Å². The second-order valence-corrected chi connectivity index (χ2v) is 6.68. The molecule has 3 N–H and O–H groups in total. The molecule has 4 aromatic rings. The van der Waals surface area contributed by atoms with Crippen LogP contribution >= 0.6 is 0 Å². The molecule has 0 aliphatic carbocycles. The number of hydrogen-bond donors (Lipinski definition) is 3. The number of anilines is 3. The molecular formula is C21H21N9O. The summed E-state index contributed by atoms with van der Waals surface area (Å²) in [6.07, 6.45) is 3.17. The molecule has 0 spiro atoms. The van der Waals surface area contributed by atoms with Gasteiger partial charge < -0.3 is 16.0 Å². The zero-order valence-electron chi connectivity index (χ0n) is 16.9. The lowest BCUT2D eigenvalue weighted by Gasteiger charge is -2.07. The van der Waals surface area contributed by atoms with E-state index < -0.39 is 0 Å². The van der Waals surface area contributed by atoms with Gasteiger partial charge >= 0.3 is 0 Å². The number of hydrogen-bond acceptors (Lipinski definition) is 8. The van der Waals surface area contributed by atoms with Crippen molar-refractivity contribution in [1.29, 1.82) is 0 Å². The van der Waals surface area contributed by atoms with Crippen molar-refractivity contribution >= 4 is 23.4 Å². The Morgan fingerprint density at radius 2 is 1.77 bits per heavy atom. The van der Waals surface area contributed by atoms with Gasteiger partial charge in [-0.3, -0.25) is 4.79 Å². The van der Waals surface area contributed by atoms with E-state index in [0.717, 1.165) is 11.3 Å². The summed E-state index contributed by atoms with van der Waals surface area (Å²) in [4.78, 5) is 17.9. The second-order valence-electron chi connectivity index (χ2n) is 6.68. The van der Waals surface area contributed by atoms with Gasteiger partial charge in [-0.2, -0.15) is 9.90 Å². The highest BCUT2D eigenvalue weighted by molar-refractivity contribution is 5.91. The highest BCUT2D eigenvalue weighted by atomic mass is 16.2. The molecule has 31 heavy (non-hydrogen) atoms. The SMILES string of the molecule is Cc1ccnc(Nc2ccc(NCCNC(=O)c3cnn(-c4ccccc4)n3)nn2)c1. The van der Waals surface area contributed by atoms with E-state index in [0.29, 0.717) is 30.5 Å². The molecule has 0 unspecified atom stereocenters. The number of pyridine rings is 1. The molecule has 0 bridgehead atoms. The normalized spacial score (nSPS) is 10.5. The standard InChI is InChI=1S/C21H21N9O/c1-15-9-10-22-20(13-15)26-19-8-7-18(27-28-19)23-11-12-24-21(31)17-14-25-30(29-17)16-5-3-2-4-6-16/h2-10,13-14H,11-12H2,1H3,(H,23,27)(H,24,31)(H,22,26,28). The van der Waals surface area contributed by atoms with Crippen molar-refractivity contribution in [2.45, 2.75) is 6.92 Å². The van der Waals surface area contributed by atoms with Gasteiger partial charge in [-0.15, -0.1) is 15.3 Å². The lowest BCUT2D eigenvalue weighted by Crippen LogP contribution is -2.29. The third kappa shape index (κ3) is 5.38. The fourth-order valence-electron chi connectivity index (χ4n) is 2.74. The third-order valence-corrected chi connectivity index (χ3v) is 4.26. The number of nitrogens with zero attached hydrogens (tertiary/aromatic N) is 6. The predicted octanol–water partition coefficient (Wildman–Crippen LogP) is 2.35. The van der Waals surface area contributed by atoms with Crippen LogP contribution in [0.4, 0.5) is 17.5 Å². The Hall–Kier alpha value is -4.34. The maximum Gasteiger partial charge on any atom is 0.273 e. The van der Waals surface area contributed by atoms with Gasteiger partial charge in [-0.25, -0.2) is 4.98 Å². The van der Waals surface area contributed by atoms with E-state index in [-0.39, 0.29) is 11.6 Å². The van der Waals surface area contributed by atoms with Crippen LogP contribution in [0.2, 0.25) is 0 Å². The summed E-state index contributed by atoms with van der Waals surface area (Å²) >= 11 is 0. The van der Waals surface area contributed by atoms with Crippen molar-refractivity contribution in [2.24, 2.45) is 0 Å². The maximum atomic E-state index is 12.2. The van der Waals surface area contributed by atoms with Crippen molar-refractivity contribution in [3.8, 4) is 5.69 Å². The minimum Gasteiger partial charge on any atom is -0.367 e. The van der Waals surface area contributed by atoms with Gasteiger partial charge in [0.2, 0.25) is 0 Å². The number of rotatable bonds is 8. The Morgan fingerprint density at radius 1 is 0.968 bits per heavy atom. The van der Waals surface area contributed by atoms with Crippen LogP contribution in [-0.4, -0.2) is 49.2 Å². The van der Waals surface area contributed by atoms with Gasteiger partial charge in [0.1, 0.15) is 11.6 Å². The zero-order valence-corrected chi connectivity index (χ0v) is 16.9. The van der Waals surface area contributed by atoms with Crippen LogP contribution in [-0.2, 0) is 0 Å². The number of aromatic nitrogens is 6. The smallest absolute Gasteiger partial charge is 0.273 e. The van der Waals surface area contributed by atoms with Crippen LogP contribution in [0.15, 0.2) is 67.0 Å². The van der Waals surface area contributed by atoms with Gasteiger partial charge in [0.25, 0.3) is 5.91 Å². The van der Waals surface area contributed by atoms with Crippen LogP contribution in [0.25, 0.3) is 5.69 Å². The summed E-state index contributed by atoms with van der Waals surface area (Å²) in [5, 5.41) is 25.6. The average Bonchev–Trinajstić information content (AvgIpc) is 3.29. The highest BCUT2D eigenvalue weighted by Crippen LogP contribution is 2.13. The highest BCUT2D eigenvalue weighted by Gasteiger charge is 2.10. The van der Waals surface area contributed by atoms with Gasteiger partial charge in [-0.05, 0) is 48.9 Å². The molecule has 1 aromatic carbocycles. The Kier molecular flexibility index (Phi) is 6.08. The van der Waals surface area contributed by atoms with E-state index in [1.807, 2.05) is 49.4 Å². The zero-order chi connectivity index (χ0) is 21.5. The summed E-state index contributed by atoms with van der Waals surface area (Å²) in [6.45, 7) is 2.88. The Labute approximate surface area is 178 Å². The second kappa shape index (κ2) is 9.44. The number of carbonyl (C=O) groups is 1. The molecule has 1 amide bonds. The molecule has 0 saturated carbocycles. The molecule has 3 aromatic heterocycles. The fourth-order valence-corrected chi connectivity index (χ4v) is 2.74. The molecule has 3 heterocycles. The largest absolute Gasteiger partial charge is 0.367 e. The van der Waals surface area contributed by atoms with Gasteiger partial charge in [-0.1, -0.05) is 18.2 Å². The number of amides is 1. The Bertz CT molecular complexity index is 1140. The monoisotopic (exact) mass is 415 g/mol. The van der Waals surface area contributed by atoms with E-state index in [2.05, 4.69) is 41.3 Å². The maximum absolute atomic E-state index is 12.2. The van der Waals surface area contributed by atoms with Crippen molar-refractivity contribution < 1.29 is 4.79 Å². The van der Waals surface area contributed by atoms with Crippen LogP contribution in [0.1, 0.15) is 16.1 Å². The molecule has 0 atom stereocenters. The van der Waals surface area contributed by atoms with Crippen LogP contribution in [0, 0.1) is 6.92 Å². The van der Waals surface area contributed by atoms with Gasteiger partial charge in [0.05, 0.1) is 11.9 Å².